The minimum atomic E-state index is -0.381. The molecule has 2 aromatic carbocycles. The highest BCUT2D eigenvalue weighted by Crippen LogP contribution is 2.33. The second-order valence-corrected chi connectivity index (χ2v) is 7.03. The zero-order valence-corrected chi connectivity index (χ0v) is 15.0. The third-order valence-corrected chi connectivity index (χ3v) is 5.05. The van der Waals surface area contributed by atoms with Crippen LogP contribution in [0.5, 0.6) is 0 Å². The number of hydrogen-bond donors (Lipinski definition) is 2. The van der Waals surface area contributed by atoms with Crippen molar-refractivity contribution in [2.45, 2.75) is 32.1 Å². The van der Waals surface area contributed by atoms with Crippen LogP contribution in [-0.4, -0.2) is 11.8 Å². The van der Waals surface area contributed by atoms with Crippen LogP contribution < -0.4 is 10.6 Å². The van der Waals surface area contributed by atoms with Gasteiger partial charge < -0.3 is 15.1 Å². The van der Waals surface area contributed by atoms with Gasteiger partial charge in [-0.05, 0) is 43.0 Å². The Hall–Kier alpha value is -3.08. The van der Waals surface area contributed by atoms with Crippen molar-refractivity contribution in [3.05, 3.63) is 60.4 Å². The Morgan fingerprint density at radius 3 is 2.41 bits per heavy atom. The summed E-state index contributed by atoms with van der Waals surface area (Å²) in [6, 6.07) is 16.5. The summed E-state index contributed by atoms with van der Waals surface area (Å²) >= 11 is 0. The zero-order chi connectivity index (χ0) is 18.6. The van der Waals surface area contributed by atoms with Gasteiger partial charge in [0.25, 0.3) is 5.91 Å². The topological polar surface area (TPSA) is 71.3 Å². The molecular formula is C22H22N2O3. The van der Waals surface area contributed by atoms with Crippen LogP contribution in [0.15, 0.2) is 59.0 Å². The first-order chi connectivity index (χ1) is 13.2. The van der Waals surface area contributed by atoms with Gasteiger partial charge in [-0.1, -0.05) is 43.2 Å². The SMILES string of the molecule is O=C(CC1CCCC1)Nc1c(C(=O)Nc2ccccc2)oc2ccccc12. The molecule has 0 unspecified atom stereocenters. The lowest BCUT2D eigenvalue weighted by atomic mass is 10.0. The number of nitrogens with one attached hydrogen (secondary N) is 2. The van der Waals surface area contributed by atoms with E-state index in [0.717, 1.165) is 18.2 Å². The second-order valence-electron chi connectivity index (χ2n) is 7.03. The molecule has 0 radical (unpaired) electrons. The van der Waals surface area contributed by atoms with Gasteiger partial charge in [0.05, 0.1) is 0 Å². The molecule has 2 N–H and O–H groups in total. The van der Waals surface area contributed by atoms with Crippen LogP contribution in [0.4, 0.5) is 11.4 Å². The molecule has 0 atom stereocenters. The second kappa shape index (κ2) is 7.66. The molecule has 3 aromatic rings. The number of hydrogen-bond acceptors (Lipinski definition) is 3. The summed E-state index contributed by atoms with van der Waals surface area (Å²) in [6.45, 7) is 0. The van der Waals surface area contributed by atoms with E-state index in [1.165, 1.54) is 12.8 Å². The molecule has 0 bridgehead atoms. The van der Waals surface area contributed by atoms with Crippen molar-refractivity contribution >= 4 is 34.2 Å². The maximum absolute atomic E-state index is 12.8. The predicted octanol–water partition coefficient (Wildman–Crippen LogP) is 5.20. The number of anilines is 2. The van der Waals surface area contributed by atoms with Crippen LogP contribution in [0.25, 0.3) is 11.0 Å². The molecule has 2 amide bonds. The summed E-state index contributed by atoms with van der Waals surface area (Å²) in [6.07, 6.45) is 5.07. The van der Waals surface area contributed by atoms with Gasteiger partial charge in [0.2, 0.25) is 11.7 Å². The quantitative estimate of drug-likeness (QED) is 0.655. The number of furan rings is 1. The summed E-state index contributed by atoms with van der Waals surface area (Å²) in [4.78, 5) is 25.3. The molecule has 27 heavy (non-hydrogen) atoms. The van der Waals surface area contributed by atoms with E-state index in [1.54, 1.807) is 18.2 Å². The molecule has 0 saturated heterocycles. The average Bonchev–Trinajstić information content (AvgIpc) is 3.31. The van der Waals surface area contributed by atoms with E-state index in [9.17, 15) is 9.59 Å². The van der Waals surface area contributed by atoms with Crippen LogP contribution >= 0.6 is 0 Å². The van der Waals surface area contributed by atoms with Crippen molar-refractivity contribution in [1.29, 1.82) is 0 Å². The summed E-state index contributed by atoms with van der Waals surface area (Å²) in [7, 11) is 0. The Morgan fingerprint density at radius 2 is 1.63 bits per heavy atom. The van der Waals surface area contributed by atoms with Crippen molar-refractivity contribution in [2.75, 3.05) is 10.6 Å². The minimum absolute atomic E-state index is 0.0674. The van der Waals surface area contributed by atoms with E-state index in [4.69, 9.17) is 4.42 Å². The fourth-order valence-corrected chi connectivity index (χ4v) is 3.71. The minimum Gasteiger partial charge on any atom is -0.449 e. The largest absolute Gasteiger partial charge is 0.449 e. The highest BCUT2D eigenvalue weighted by Gasteiger charge is 2.24. The molecule has 0 aliphatic heterocycles. The Labute approximate surface area is 157 Å². The van der Waals surface area contributed by atoms with Crippen LogP contribution in [0.1, 0.15) is 42.7 Å². The Bertz CT molecular complexity index is 956. The average molecular weight is 362 g/mol. The molecule has 1 aromatic heterocycles. The van der Waals surface area contributed by atoms with Gasteiger partial charge in [-0.2, -0.15) is 0 Å². The van der Waals surface area contributed by atoms with Crippen LogP contribution in [0.3, 0.4) is 0 Å². The zero-order valence-electron chi connectivity index (χ0n) is 15.0. The molecule has 5 nitrogen and oxygen atoms in total. The van der Waals surface area contributed by atoms with E-state index >= 15 is 0 Å². The fraction of sp³-hybridized carbons (Fsp3) is 0.273. The van der Waals surface area contributed by atoms with Crippen molar-refractivity contribution in [3.8, 4) is 0 Å². The first-order valence-electron chi connectivity index (χ1n) is 9.38. The van der Waals surface area contributed by atoms with Crippen LogP contribution in [0.2, 0.25) is 0 Å². The Kier molecular flexibility index (Phi) is 4.92. The maximum Gasteiger partial charge on any atom is 0.293 e. The summed E-state index contributed by atoms with van der Waals surface area (Å²) in [5.74, 6) is 0.111. The molecule has 1 saturated carbocycles. The third kappa shape index (κ3) is 3.87. The molecule has 1 fully saturated rings. The number of carbonyl (C=O) groups is 2. The summed E-state index contributed by atoms with van der Waals surface area (Å²) in [5.41, 5.74) is 1.69. The van der Waals surface area contributed by atoms with E-state index in [0.29, 0.717) is 29.3 Å². The highest BCUT2D eigenvalue weighted by atomic mass is 16.3. The number of amides is 2. The Morgan fingerprint density at radius 1 is 0.926 bits per heavy atom. The molecule has 5 heteroatoms. The number of carbonyl (C=O) groups excluding carboxylic acids is 2. The molecular weight excluding hydrogens is 340 g/mol. The van der Waals surface area contributed by atoms with Gasteiger partial charge >= 0.3 is 0 Å². The number of rotatable bonds is 5. The number of fused-ring (bicyclic) bond motifs is 1. The summed E-state index contributed by atoms with van der Waals surface area (Å²) in [5, 5.41) is 6.49. The standard InChI is InChI=1S/C22H22N2O3/c25-19(14-15-8-4-5-9-15)24-20-17-12-6-7-13-18(17)27-21(20)22(26)23-16-10-2-1-3-11-16/h1-3,6-7,10-13,15H,4-5,8-9,14H2,(H,23,26)(H,24,25). The van der Waals surface area contributed by atoms with Gasteiger partial charge in [0, 0.05) is 17.5 Å². The van der Waals surface area contributed by atoms with Gasteiger partial charge in [-0.3, -0.25) is 9.59 Å². The van der Waals surface area contributed by atoms with Gasteiger partial charge in [0.15, 0.2) is 0 Å². The Balaban J connectivity index is 1.60. The smallest absolute Gasteiger partial charge is 0.293 e. The molecule has 4 rings (SSSR count). The van der Waals surface area contributed by atoms with E-state index in [1.807, 2.05) is 36.4 Å². The normalized spacial score (nSPS) is 14.4. The molecule has 1 aliphatic rings. The van der Waals surface area contributed by atoms with Gasteiger partial charge in [0.1, 0.15) is 11.3 Å². The van der Waals surface area contributed by atoms with Gasteiger partial charge in [-0.15, -0.1) is 0 Å². The van der Waals surface area contributed by atoms with Crippen molar-refractivity contribution in [2.24, 2.45) is 5.92 Å². The van der Waals surface area contributed by atoms with E-state index in [2.05, 4.69) is 10.6 Å². The first kappa shape index (κ1) is 17.3. The molecule has 138 valence electrons. The fourth-order valence-electron chi connectivity index (χ4n) is 3.71. The van der Waals surface area contributed by atoms with E-state index < -0.39 is 0 Å². The molecule has 1 heterocycles. The van der Waals surface area contributed by atoms with Crippen LogP contribution in [0, 0.1) is 5.92 Å². The number of benzene rings is 2. The van der Waals surface area contributed by atoms with E-state index in [-0.39, 0.29) is 17.6 Å². The first-order valence-corrected chi connectivity index (χ1v) is 9.38. The summed E-state index contributed by atoms with van der Waals surface area (Å²) < 4.78 is 5.78. The molecule has 0 spiro atoms. The van der Waals surface area contributed by atoms with Crippen molar-refractivity contribution in [3.63, 3.8) is 0 Å². The lowest BCUT2D eigenvalue weighted by Crippen LogP contribution is -2.18. The predicted molar refractivity (Wildman–Crippen MR) is 106 cm³/mol. The lowest BCUT2D eigenvalue weighted by Gasteiger charge is -2.10. The third-order valence-electron chi connectivity index (χ3n) is 5.05. The maximum atomic E-state index is 12.8. The number of para-hydroxylation sites is 2. The lowest BCUT2D eigenvalue weighted by molar-refractivity contribution is -0.117. The van der Waals surface area contributed by atoms with Gasteiger partial charge in [-0.25, -0.2) is 0 Å². The highest BCUT2D eigenvalue weighted by molar-refractivity contribution is 6.14. The van der Waals surface area contributed by atoms with Crippen molar-refractivity contribution in [1.82, 2.24) is 0 Å². The monoisotopic (exact) mass is 362 g/mol. The van der Waals surface area contributed by atoms with Crippen molar-refractivity contribution < 1.29 is 14.0 Å². The van der Waals surface area contributed by atoms with Crippen LogP contribution in [-0.2, 0) is 4.79 Å². The molecule has 1 aliphatic carbocycles.